The molecule has 1 aliphatic rings. The number of nitrogens with two attached hydrogens (primary N) is 1. The van der Waals surface area contributed by atoms with Crippen molar-refractivity contribution in [1.29, 1.82) is 0 Å². The molecule has 106 valence electrons. The second kappa shape index (κ2) is 4.91. The van der Waals surface area contributed by atoms with Gasteiger partial charge in [-0.1, -0.05) is 75.4 Å². The van der Waals surface area contributed by atoms with Gasteiger partial charge in [-0.25, -0.2) is 0 Å². The van der Waals surface area contributed by atoms with E-state index in [0.717, 1.165) is 0 Å². The molecule has 2 heteroatoms. The lowest BCUT2D eigenvalue weighted by atomic mass is 9.66. The second-order valence-electron chi connectivity index (χ2n) is 6.20. The Hall–Kier alpha value is -1.31. The van der Waals surface area contributed by atoms with E-state index in [1.165, 1.54) is 16.7 Å². The Morgan fingerprint density at radius 3 is 2.10 bits per heavy atom. The molecule has 0 bridgehead atoms. The molecule has 0 saturated carbocycles. The molecule has 0 radical (unpaired) electrons. The minimum atomic E-state index is -0.412. The molecule has 2 N–H and O–H groups in total. The Morgan fingerprint density at radius 2 is 1.45 bits per heavy atom. The van der Waals surface area contributed by atoms with E-state index in [-0.39, 0.29) is 17.8 Å². The van der Waals surface area contributed by atoms with Crippen LogP contribution in [0.4, 0.5) is 0 Å². The molecule has 2 atom stereocenters. The normalized spacial score (nSPS) is 26.7. The zero-order valence-corrected chi connectivity index (χ0v) is 13.1. The van der Waals surface area contributed by atoms with Crippen molar-refractivity contribution in [3.05, 3.63) is 71.3 Å². The zero-order chi connectivity index (χ0) is 13.7. The van der Waals surface area contributed by atoms with E-state index in [1.807, 2.05) is 6.07 Å². The van der Waals surface area contributed by atoms with Gasteiger partial charge < -0.3 is 5.73 Å². The van der Waals surface area contributed by atoms with Crippen LogP contribution in [0.15, 0.2) is 54.6 Å². The first-order chi connectivity index (χ1) is 8.99. The third kappa shape index (κ3) is 1.73. The summed E-state index contributed by atoms with van der Waals surface area (Å²) in [5.74, 6) is 0.453. The van der Waals surface area contributed by atoms with E-state index in [0.29, 0.717) is 5.92 Å². The lowest BCUT2D eigenvalue weighted by Crippen LogP contribution is -2.48. The maximum Gasteiger partial charge on any atom is 0.0725 e. The van der Waals surface area contributed by atoms with E-state index in [9.17, 15) is 0 Å². The molecule has 20 heavy (non-hydrogen) atoms. The van der Waals surface area contributed by atoms with Crippen molar-refractivity contribution in [2.75, 3.05) is 0 Å². The number of benzene rings is 2. The van der Waals surface area contributed by atoms with Gasteiger partial charge in [0.05, 0.1) is 5.54 Å². The van der Waals surface area contributed by atoms with E-state index < -0.39 is 5.54 Å². The Kier molecular flexibility index (Phi) is 3.70. The van der Waals surface area contributed by atoms with E-state index in [2.05, 4.69) is 69.3 Å². The van der Waals surface area contributed by atoms with Gasteiger partial charge in [-0.05, 0) is 28.0 Å². The van der Waals surface area contributed by atoms with Gasteiger partial charge in [0.25, 0.3) is 0 Å². The summed E-state index contributed by atoms with van der Waals surface area (Å²) in [5.41, 5.74) is 10.4. The molecule has 2 aromatic carbocycles. The molecule has 0 amide bonds. The minimum absolute atomic E-state index is 0. The zero-order valence-electron chi connectivity index (χ0n) is 12.3. The number of halogens is 1. The minimum Gasteiger partial charge on any atom is -0.317 e. The van der Waals surface area contributed by atoms with Crippen LogP contribution < -0.4 is 5.73 Å². The molecule has 1 aliphatic carbocycles. The molecule has 0 aliphatic heterocycles. The summed E-state index contributed by atoms with van der Waals surface area (Å²) in [5, 5.41) is 0. The number of hydrogen-bond acceptors (Lipinski definition) is 1. The number of hydrogen-bond donors (Lipinski definition) is 1. The lowest BCUT2D eigenvalue weighted by Gasteiger charge is -2.41. The maximum absolute atomic E-state index is 6.96. The SMILES string of the molecule is CC1c2ccccc2C(N)(c2ccccc2)C1(C)C.Cl. The molecule has 2 unspecified atom stereocenters. The van der Waals surface area contributed by atoms with Crippen LogP contribution >= 0.6 is 12.4 Å². The van der Waals surface area contributed by atoms with E-state index in [1.54, 1.807) is 0 Å². The van der Waals surface area contributed by atoms with Crippen molar-refractivity contribution in [2.45, 2.75) is 32.2 Å². The fourth-order valence-electron chi connectivity index (χ4n) is 3.54. The second-order valence-corrected chi connectivity index (χ2v) is 6.20. The molecule has 2 aromatic rings. The van der Waals surface area contributed by atoms with Crippen LogP contribution in [0.3, 0.4) is 0 Å². The van der Waals surface area contributed by atoms with Crippen molar-refractivity contribution in [2.24, 2.45) is 11.1 Å². The molecular formula is C18H22ClN. The Morgan fingerprint density at radius 1 is 0.900 bits per heavy atom. The fourth-order valence-corrected chi connectivity index (χ4v) is 3.54. The van der Waals surface area contributed by atoms with Crippen molar-refractivity contribution in [3.63, 3.8) is 0 Å². The van der Waals surface area contributed by atoms with Gasteiger partial charge in [0.15, 0.2) is 0 Å². The van der Waals surface area contributed by atoms with Gasteiger partial charge in [0.1, 0.15) is 0 Å². The van der Waals surface area contributed by atoms with Crippen LogP contribution in [0.5, 0.6) is 0 Å². The van der Waals surface area contributed by atoms with Crippen LogP contribution in [0.2, 0.25) is 0 Å². The predicted octanol–water partition coefficient (Wildman–Crippen LogP) is 4.45. The highest BCUT2D eigenvalue weighted by molar-refractivity contribution is 5.85. The summed E-state index contributed by atoms with van der Waals surface area (Å²) in [6.07, 6.45) is 0. The maximum atomic E-state index is 6.96. The van der Waals surface area contributed by atoms with Crippen LogP contribution in [-0.2, 0) is 5.54 Å². The Bertz CT molecular complexity index is 606. The predicted molar refractivity (Wildman–Crippen MR) is 87.3 cm³/mol. The first kappa shape index (κ1) is 15.1. The first-order valence-corrected chi connectivity index (χ1v) is 6.93. The smallest absolute Gasteiger partial charge is 0.0725 e. The fraction of sp³-hybridized carbons (Fsp3) is 0.333. The monoisotopic (exact) mass is 287 g/mol. The van der Waals surface area contributed by atoms with E-state index in [4.69, 9.17) is 5.73 Å². The third-order valence-corrected chi connectivity index (χ3v) is 5.18. The topological polar surface area (TPSA) is 26.0 Å². The summed E-state index contributed by atoms with van der Waals surface area (Å²) in [6.45, 7) is 6.85. The van der Waals surface area contributed by atoms with Crippen LogP contribution in [0.1, 0.15) is 43.4 Å². The molecule has 0 saturated heterocycles. The molecule has 0 fully saturated rings. The largest absolute Gasteiger partial charge is 0.317 e. The molecule has 0 aromatic heterocycles. The van der Waals surface area contributed by atoms with Gasteiger partial charge in [0, 0.05) is 0 Å². The molecule has 1 nitrogen and oxygen atoms in total. The molecular weight excluding hydrogens is 266 g/mol. The third-order valence-electron chi connectivity index (χ3n) is 5.18. The summed E-state index contributed by atoms with van der Waals surface area (Å²) in [6, 6.07) is 19.1. The standard InChI is InChI=1S/C18H21N.ClH/c1-13-15-11-7-8-12-16(15)18(19,17(13,2)3)14-9-5-4-6-10-14;/h4-13H,19H2,1-3H3;1H. The van der Waals surface area contributed by atoms with Crippen LogP contribution in [-0.4, -0.2) is 0 Å². The summed E-state index contributed by atoms with van der Waals surface area (Å²) < 4.78 is 0. The highest BCUT2D eigenvalue weighted by Gasteiger charge is 2.54. The van der Waals surface area contributed by atoms with Crippen LogP contribution in [0.25, 0.3) is 0 Å². The highest BCUT2D eigenvalue weighted by atomic mass is 35.5. The van der Waals surface area contributed by atoms with Gasteiger partial charge in [-0.2, -0.15) is 0 Å². The summed E-state index contributed by atoms with van der Waals surface area (Å²) >= 11 is 0. The number of fused-ring (bicyclic) bond motifs is 1. The lowest BCUT2D eigenvalue weighted by molar-refractivity contribution is 0.198. The quantitative estimate of drug-likeness (QED) is 0.824. The van der Waals surface area contributed by atoms with Crippen molar-refractivity contribution < 1.29 is 0 Å². The van der Waals surface area contributed by atoms with Gasteiger partial charge in [0.2, 0.25) is 0 Å². The van der Waals surface area contributed by atoms with Gasteiger partial charge >= 0.3 is 0 Å². The summed E-state index contributed by atoms with van der Waals surface area (Å²) in [4.78, 5) is 0. The van der Waals surface area contributed by atoms with E-state index >= 15 is 0 Å². The van der Waals surface area contributed by atoms with Crippen molar-refractivity contribution >= 4 is 12.4 Å². The average Bonchev–Trinajstić information content (AvgIpc) is 2.60. The van der Waals surface area contributed by atoms with Crippen LogP contribution in [0, 0.1) is 5.41 Å². The van der Waals surface area contributed by atoms with Crippen molar-refractivity contribution in [1.82, 2.24) is 0 Å². The van der Waals surface area contributed by atoms with Gasteiger partial charge in [-0.3, -0.25) is 0 Å². The van der Waals surface area contributed by atoms with Crippen molar-refractivity contribution in [3.8, 4) is 0 Å². The highest BCUT2D eigenvalue weighted by Crippen LogP contribution is 2.58. The molecule has 0 heterocycles. The number of rotatable bonds is 1. The first-order valence-electron chi connectivity index (χ1n) is 6.93. The molecule has 3 rings (SSSR count). The molecule has 0 spiro atoms. The Labute approximate surface area is 127 Å². The van der Waals surface area contributed by atoms with Gasteiger partial charge in [-0.15, -0.1) is 12.4 Å². The average molecular weight is 288 g/mol. The Balaban J connectivity index is 0.00000147. The summed E-state index contributed by atoms with van der Waals surface area (Å²) in [7, 11) is 0.